The molecule has 5 rings (SSSR count). The number of ether oxygens (including phenoxy) is 3. The first-order valence-electron chi connectivity index (χ1n) is 14.2. The van der Waals surface area contributed by atoms with Crippen LogP contribution in [0.1, 0.15) is 87.5 Å². The molecule has 1 aromatic carbocycles. The maximum Gasteiger partial charge on any atom is 0.419 e. The largest absolute Gasteiger partial charge is 0.496 e. The number of ketones is 1. The molecular weight excluding hydrogens is 506 g/mol. The molecule has 0 saturated carbocycles. The zero-order valence-electron chi connectivity index (χ0n) is 24.7. The Kier molecular flexibility index (Phi) is 7.52. The first-order chi connectivity index (χ1) is 19.0. The standard InChI is InChI=1S/C32H41N3O5/c1-8-39-24-16-23-11-13-32(17-24,28-10-9-22(18-33-28)21(3)36)35(23)19-26-25-12-14-34(30(37)40-31(4,5)6)29(25)20(2)15-27(26)38-7/h9-10,12,14-15,18,23-24H,8,11,13,16-17,19H2,1-7H3. The monoisotopic (exact) mass is 547 g/mol. The molecule has 3 unspecified atom stereocenters. The molecule has 2 saturated heterocycles. The van der Waals surface area contributed by atoms with Crippen molar-refractivity contribution in [3.8, 4) is 5.75 Å². The Morgan fingerprint density at radius 2 is 1.98 bits per heavy atom. The summed E-state index contributed by atoms with van der Waals surface area (Å²) in [5, 5.41) is 0.976. The second-order valence-electron chi connectivity index (χ2n) is 12.2. The molecule has 0 N–H and O–H groups in total. The third-order valence-electron chi connectivity index (χ3n) is 8.40. The molecule has 8 nitrogen and oxygen atoms in total. The Morgan fingerprint density at radius 1 is 1.20 bits per heavy atom. The predicted octanol–water partition coefficient (Wildman–Crippen LogP) is 6.40. The van der Waals surface area contributed by atoms with Crippen LogP contribution >= 0.6 is 0 Å². The number of rotatable bonds is 7. The molecule has 3 atom stereocenters. The van der Waals surface area contributed by atoms with Crippen LogP contribution in [0, 0.1) is 6.92 Å². The van der Waals surface area contributed by atoms with E-state index in [2.05, 4.69) is 4.90 Å². The number of piperidine rings is 1. The molecule has 3 aromatic rings. The van der Waals surface area contributed by atoms with E-state index in [1.807, 2.05) is 58.9 Å². The first kappa shape index (κ1) is 28.3. The smallest absolute Gasteiger partial charge is 0.419 e. The molecule has 0 amide bonds. The quantitative estimate of drug-likeness (QED) is 0.317. The Bertz CT molecular complexity index is 1420. The van der Waals surface area contributed by atoms with Gasteiger partial charge in [-0.1, -0.05) is 0 Å². The van der Waals surface area contributed by atoms with Crippen LogP contribution < -0.4 is 4.74 Å². The van der Waals surface area contributed by atoms with E-state index in [-0.39, 0.29) is 17.4 Å². The van der Waals surface area contributed by atoms with E-state index >= 15 is 0 Å². The van der Waals surface area contributed by atoms with Gasteiger partial charge in [0.1, 0.15) is 11.4 Å². The second kappa shape index (κ2) is 10.6. The van der Waals surface area contributed by atoms with Crippen molar-refractivity contribution in [3.63, 3.8) is 0 Å². The molecule has 2 aliphatic rings. The number of hydrogen-bond donors (Lipinski definition) is 0. The maximum atomic E-state index is 13.1. The van der Waals surface area contributed by atoms with Crippen molar-refractivity contribution in [2.24, 2.45) is 0 Å². The van der Waals surface area contributed by atoms with Crippen LogP contribution in [0.4, 0.5) is 4.79 Å². The average Bonchev–Trinajstić information content (AvgIpc) is 3.43. The van der Waals surface area contributed by atoms with Crippen LogP contribution in [-0.4, -0.2) is 57.8 Å². The Morgan fingerprint density at radius 3 is 2.60 bits per heavy atom. The molecule has 2 aromatic heterocycles. The van der Waals surface area contributed by atoms with Gasteiger partial charge in [0.25, 0.3) is 0 Å². The van der Waals surface area contributed by atoms with E-state index in [4.69, 9.17) is 19.2 Å². The third-order valence-corrected chi connectivity index (χ3v) is 8.40. The summed E-state index contributed by atoms with van der Waals surface area (Å²) in [6.07, 6.45) is 7.04. The lowest BCUT2D eigenvalue weighted by Crippen LogP contribution is -2.52. The number of hydrogen-bond acceptors (Lipinski definition) is 7. The van der Waals surface area contributed by atoms with E-state index in [1.54, 1.807) is 31.0 Å². The molecule has 2 bridgehead atoms. The van der Waals surface area contributed by atoms with Gasteiger partial charge in [0.05, 0.1) is 30.0 Å². The highest BCUT2D eigenvalue weighted by Crippen LogP contribution is 2.52. The summed E-state index contributed by atoms with van der Waals surface area (Å²) in [6, 6.07) is 8.22. The second-order valence-corrected chi connectivity index (χ2v) is 12.2. The number of carbonyl (C=O) groups excluding carboxylic acids is 2. The summed E-state index contributed by atoms with van der Waals surface area (Å²) < 4.78 is 19.4. The molecule has 40 heavy (non-hydrogen) atoms. The van der Waals surface area contributed by atoms with Gasteiger partial charge in [-0.25, -0.2) is 4.79 Å². The van der Waals surface area contributed by atoms with Crippen molar-refractivity contribution in [2.75, 3.05) is 13.7 Å². The lowest BCUT2D eigenvalue weighted by Gasteiger charge is -2.47. The summed E-state index contributed by atoms with van der Waals surface area (Å²) in [7, 11) is 1.70. The lowest BCUT2D eigenvalue weighted by atomic mass is 9.82. The van der Waals surface area contributed by atoms with Gasteiger partial charge in [-0.15, -0.1) is 0 Å². The van der Waals surface area contributed by atoms with E-state index in [1.165, 1.54) is 0 Å². The Balaban J connectivity index is 1.59. The number of benzene rings is 1. The van der Waals surface area contributed by atoms with Gasteiger partial charge in [0.2, 0.25) is 0 Å². The predicted molar refractivity (Wildman–Crippen MR) is 154 cm³/mol. The van der Waals surface area contributed by atoms with Gasteiger partial charge in [0, 0.05) is 48.1 Å². The van der Waals surface area contributed by atoms with E-state index in [0.29, 0.717) is 24.8 Å². The fraction of sp³-hybridized carbons (Fsp3) is 0.531. The Hall–Kier alpha value is -3.23. The van der Waals surface area contributed by atoms with Gasteiger partial charge in [0.15, 0.2) is 5.78 Å². The van der Waals surface area contributed by atoms with Gasteiger partial charge in [-0.3, -0.25) is 19.2 Å². The number of pyridine rings is 1. The average molecular weight is 548 g/mol. The van der Waals surface area contributed by atoms with Crippen molar-refractivity contribution >= 4 is 22.8 Å². The van der Waals surface area contributed by atoms with Crippen LogP contribution in [0.2, 0.25) is 0 Å². The van der Waals surface area contributed by atoms with Crippen LogP contribution in [0.25, 0.3) is 10.9 Å². The number of nitrogens with zero attached hydrogens (tertiary/aromatic N) is 3. The minimum absolute atomic E-state index is 0.00910. The number of Topliss-reactive ketones (excluding diaryl/α,β-unsaturated/α-hetero) is 1. The molecule has 2 fully saturated rings. The number of aromatic nitrogens is 2. The van der Waals surface area contributed by atoms with E-state index < -0.39 is 11.7 Å². The first-order valence-corrected chi connectivity index (χ1v) is 14.2. The fourth-order valence-corrected chi connectivity index (χ4v) is 6.72. The van der Waals surface area contributed by atoms with Gasteiger partial charge in [-0.05, 0) is 97.1 Å². The normalized spacial score (nSPS) is 23.0. The van der Waals surface area contributed by atoms with Gasteiger partial charge in [-0.2, -0.15) is 0 Å². The van der Waals surface area contributed by atoms with Crippen LogP contribution in [0.3, 0.4) is 0 Å². The molecule has 4 heterocycles. The molecule has 0 radical (unpaired) electrons. The lowest BCUT2D eigenvalue weighted by molar-refractivity contribution is -0.0608. The van der Waals surface area contributed by atoms with Crippen molar-refractivity contribution in [2.45, 2.75) is 97.1 Å². The van der Waals surface area contributed by atoms with Crippen molar-refractivity contribution in [1.29, 1.82) is 0 Å². The zero-order valence-corrected chi connectivity index (χ0v) is 24.7. The number of carbonyl (C=O) groups is 2. The highest BCUT2D eigenvalue weighted by molar-refractivity contribution is 5.95. The highest BCUT2D eigenvalue weighted by Gasteiger charge is 2.54. The highest BCUT2D eigenvalue weighted by atomic mass is 16.6. The topological polar surface area (TPSA) is 82.9 Å². The van der Waals surface area contributed by atoms with Crippen LogP contribution in [0.15, 0.2) is 36.7 Å². The van der Waals surface area contributed by atoms with E-state index in [9.17, 15) is 9.59 Å². The number of fused-ring (bicyclic) bond motifs is 3. The van der Waals surface area contributed by atoms with Crippen molar-refractivity contribution in [1.82, 2.24) is 14.5 Å². The maximum absolute atomic E-state index is 13.1. The van der Waals surface area contributed by atoms with Gasteiger partial charge < -0.3 is 14.2 Å². The SMILES string of the molecule is CCOC1CC2CCC(c3ccc(C(C)=O)cn3)(C1)N2Cc1c(OC)cc(C)c2c1ccn2C(=O)OC(C)(C)C. The van der Waals surface area contributed by atoms with Crippen molar-refractivity contribution < 1.29 is 23.8 Å². The fourth-order valence-electron chi connectivity index (χ4n) is 6.72. The van der Waals surface area contributed by atoms with E-state index in [0.717, 1.165) is 59.2 Å². The van der Waals surface area contributed by atoms with Crippen LogP contribution in [-0.2, 0) is 21.6 Å². The van der Waals surface area contributed by atoms with Gasteiger partial charge >= 0.3 is 6.09 Å². The number of aryl methyl sites for hydroxylation is 1. The zero-order chi connectivity index (χ0) is 28.8. The summed E-state index contributed by atoms with van der Waals surface area (Å²) in [5.41, 5.74) is 3.48. The number of methoxy groups -OCH3 is 1. The minimum Gasteiger partial charge on any atom is -0.496 e. The summed E-state index contributed by atoms with van der Waals surface area (Å²) in [4.78, 5) is 32.5. The van der Waals surface area contributed by atoms with Crippen LogP contribution in [0.5, 0.6) is 5.75 Å². The van der Waals surface area contributed by atoms with Crippen molar-refractivity contribution in [3.05, 3.63) is 59.0 Å². The summed E-state index contributed by atoms with van der Waals surface area (Å²) >= 11 is 0. The summed E-state index contributed by atoms with van der Waals surface area (Å²) in [5.74, 6) is 0.808. The molecule has 8 heteroatoms. The molecule has 0 spiro atoms. The third kappa shape index (κ3) is 5.03. The molecular formula is C32H41N3O5. The molecule has 0 aliphatic carbocycles. The molecule has 214 valence electrons. The minimum atomic E-state index is -0.599. The summed E-state index contributed by atoms with van der Waals surface area (Å²) in [6.45, 7) is 12.5. The Labute approximate surface area is 236 Å². The molecule has 2 aliphatic heterocycles.